The lowest BCUT2D eigenvalue weighted by molar-refractivity contribution is -0.140. The van der Waals surface area contributed by atoms with E-state index < -0.39 is 5.97 Å². The maximum absolute atomic E-state index is 10.2. The summed E-state index contributed by atoms with van der Waals surface area (Å²) in [6.07, 6.45) is 3.69. The van der Waals surface area contributed by atoms with Gasteiger partial charge in [-0.3, -0.25) is 4.79 Å². The fourth-order valence-electron chi connectivity index (χ4n) is 0.476. The highest BCUT2D eigenvalue weighted by Gasteiger charge is 2.06. The zero-order valence-electron chi connectivity index (χ0n) is 5.95. The van der Waals surface area contributed by atoms with Gasteiger partial charge >= 0.3 is 5.97 Å². The summed E-state index contributed by atoms with van der Waals surface area (Å²) < 4.78 is 0. The molecule has 0 fully saturated rings. The van der Waals surface area contributed by atoms with Gasteiger partial charge in [0, 0.05) is 0 Å². The average molecular weight is 144 g/mol. The lowest BCUT2D eigenvalue weighted by Gasteiger charge is -1.98. The van der Waals surface area contributed by atoms with Crippen LogP contribution in [0.3, 0.4) is 0 Å². The summed E-state index contributed by atoms with van der Waals surface area (Å²) in [5, 5.41) is 16.7. The molecule has 0 saturated carbocycles. The Morgan fingerprint density at radius 3 is 2.60 bits per heavy atom. The van der Waals surface area contributed by atoms with Crippen molar-refractivity contribution in [2.45, 2.75) is 13.3 Å². The van der Waals surface area contributed by atoms with E-state index in [0.29, 0.717) is 6.42 Å². The predicted molar refractivity (Wildman–Crippen MR) is 37.6 cm³/mol. The van der Waals surface area contributed by atoms with E-state index in [1.165, 1.54) is 0 Å². The molecule has 0 rings (SSSR count). The summed E-state index contributed by atoms with van der Waals surface area (Å²) in [6, 6.07) is 0. The van der Waals surface area contributed by atoms with Crippen molar-refractivity contribution in [1.82, 2.24) is 0 Å². The SMILES string of the molecule is CC(CC=CCO)C(=O)O. The monoisotopic (exact) mass is 144 g/mol. The van der Waals surface area contributed by atoms with Gasteiger partial charge in [0.25, 0.3) is 0 Å². The second kappa shape index (κ2) is 4.99. The molecule has 3 nitrogen and oxygen atoms in total. The Bertz CT molecular complexity index is 129. The molecule has 0 aliphatic rings. The Morgan fingerprint density at radius 2 is 2.20 bits per heavy atom. The minimum atomic E-state index is -0.803. The quantitative estimate of drug-likeness (QED) is 0.569. The molecule has 58 valence electrons. The Labute approximate surface area is 60.0 Å². The van der Waals surface area contributed by atoms with Gasteiger partial charge in [0.15, 0.2) is 0 Å². The molecule has 0 heterocycles. The van der Waals surface area contributed by atoms with Crippen LogP contribution in [0.4, 0.5) is 0 Å². The summed E-state index contributed by atoms with van der Waals surface area (Å²) in [5.74, 6) is -1.16. The number of carboxylic acids is 1. The molecule has 0 aromatic heterocycles. The van der Waals surface area contributed by atoms with E-state index in [0.717, 1.165) is 0 Å². The second-order valence-corrected chi connectivity index (χ2v) is 2.13. The van der Waals surface area contributed by atoms with Crippen LogP contribution in [0.25, 0.3) is 0 Å². The maximum Gasteiger partial charge on any atom is 0.306 e. The van der Waals surface area contributed by atoms with Crippen LogP contribution in [-0.2, 0) is 4.79 Å². The molecular weight excluding hydrogens is 132 g/mol. The highest BCUT2D eigenvalue weighted by molar-refractivity contribution is 5.69. The third kappa shape index (κ3) is 4.09. The van der Waals surface area contributed by atoms with Crippen molar-refractivity contribution in [3.8, 4) is 0 Å². The minimum Gasteiger partial charge on any atom is -0.481 e. The van der Waals surface area contributed by atoms with Crippen molar-refractivity contribution in [1.29, 1.82) is 0 Å². The summed E-state index contributed by atoms with van der Waals surface area (Å²) >= 11 is 0. The van der Waals surface area contributed by atoms with Crippen molar-refractivity contribution in [2.75, 3.05) is 6.61 Å². The molecule has 0 spiro atoms. The summed E-state index contributed by atoms with van der Waals surface area (Å²) in [6.45, 7) is 1.61. The number of aliphatic carboxylic acids is 1. The number of hydrogen-bond acceptors (Lipinski definition) is 2. The summed E-state index contributed by atoms with van der Waals surface area (Å²) in [5.41, 5.74) is 0. The van der Waals surface area contributed by atoms with Gasteiger partial charge in [-0.1, -0.05) is 19.1 Å². The fraction of sp³-hybridized carbons (Fsp3) is 0.571. The number of carbonyl (C=O) groups is 1. The van der Waals surface area contributed by atoms with Gasteiger partial charge in [0.1, 0.15) is 0 Å². The normalized spacial score (nSPS) is 13.8. The zero-order chi connectivity index (χ0) is 7.98. The van der Waals surface area contributed by atoms with E-state index in [4.69, 9.17) is 10.2 Å². The molecule has 0 saturated heterocycles. The standard InChI is InChI=1S/C7H12O3/c1-6(7(9)10)4-2-3-5-8/h2-3,6,8H,4-5H2,1H3,(H,9,10). The third-order valence-electron chi connectivity index (χ3n) is 1.18. The number of aliphatic hydroxyl groups excluding tert-OH is 1. The molecule has 2 N–H and O–H groups in total. The first kappa shape index (κ1) is 9.17. The number of hydrogen-bond donors (Lipinski definition) is 2. The van der Waals surface area contributed by atoms with Crippen LogP contribution >= 0.6 is 0 Å². The first-order chi connectivity index (χ1) is 4.68. The predicted octanol–water partition coefficient (Wildman–Crippen LogP) is 0.646. The molecule has 0 aromatic carbocycles. The van der Waals surface area contributed by atoms with Crippen molar-refractivity contribution < 1.29 is 15.0 Å². The van der Waals surface area contributed by atoms with Crippen LogP contribution in [0.15, 0.2) is 12.2 Å². The lowest BCUT2D eigenvalue weighted by atomic mass is 10.1. The largest absolute Gasteiger partial charge is 0.481 e. The van der Waals surface area contributed by atoms with Crippen LogP contribution in [0.2, 0.25) is 0 Å². The Balaban J connectivity index is 3.48. The van der Waals surface area contributed by atoms with E-state index in [2.05, 4.69) is 0 Å². The molecule has 0 aliphatic carbocycles. The molecule has 0 aliphatic heterocycles. The highest BCUT2D eigenvalue weighted by atomic mass is 16.4. The van der Waals surface area contributed by atoms with Crippen molar-refractivity contribution >= 4 is 5.97 Å². The molecule has 0 aromatic rings. The van der Waals surface area contributed by atoms with Crippen LogP contribution in [0.5, 0.6) is 0 Å². The molecule has 10 heavy (non-hydrogen) atoms. The molecule has 1 atom stereocenters. The smallest absolute Gasteiger partial charge is 0.306 e. The molecule has 0 radical (unpaired) electrons. The first-order valence-corrected chi connectivity index (χ1v) is 3.17. The topological polar surface area (TPSA) is 57.5 Å². The fourth-order valence-corrected chi connectivity index (χ4v) is 0.476. The van der Waals surface area contributed by atoms with Crippen LogP contribution in [0.1, 0.15) is 13.3 Å². The second-order valence-electron chi connectivity index (χ2n) is 2.13. The van der Waals surface area contributed by atoms with Crippen molar-refractivity contribution in [3.05, 3.63) is 12.2 Å². The van der Waals surface area contributed by atoms with Gasteiger partial charge in [-0.15, -0.1) is 0 Å². The molecule has 0 bridgehead atoms. The van der Waals surface area contributed by atoms with E-state index >= 15 is 0 Å². The van der Waals surface area contributed by atoms with Crippen molar-refractivity contribution in [2.24, 2.45) is 5.92 Å². The van der Waals surface area contributed by atoms with E-state index in [1.54, 1.807) is 19.1 Å². The number of aliphatic hydroxyl groups is 1. The van der Waals surface area contributed by atoms with E-state index in [-0.39, 0.29) is 12.5 Å². The van der Waals surface area contributed by atoms with Gasteiger partial charge in [0.05, 0.1) is 12.5 Å². The highest BCUT2D eigenvalue weighted by Crippen LogP contribution is 2.01. The summed E-state index contributed by atoms with van der Waals surface area (Å²) in [7, 11) is 0. The first-order valence-electron chi connectivity index (χ1n) is 3.17. The van der Waals surface area contributed by atoms with Gasteiger partial charge in [-0.25, -0.2) is 0 Å². The number of rotatable bonds is 4. The summed E-state index contributed by atoms with van der Waals surface area (Å²) in [4.78, 5) is 10.2. The number of carboxylic acid groups (broad SMARTS) is 1. The van der Waals surface area contributed by atoms with Gasteiger partial charge in [-0.05, 0) is 6.42 Å². The molecule has 0 amide bonds. The van der Waals surface area contributed by atoms with Gasteiger partial charge < -0.3 is 10.2 Å². The third-order valence-corrected chi connectivity index (χ3v) is 1.18. The van der Waals surface area contributed by atoms with Crippen LogP contribution < -0.4 is 0 Å². The van der Waals surface area contributed by atoms with E-state index in [9.17, 15) is 4.79 Å². The van der Waals surface area contributed by atoms with Gasteiger partial charge in [0.2, 0.25) is 0 Å². The number of allylic oxidation sites excluding steroid dienone is 1. The zero-order valence-corrected chi connectivity index (χ0v) is 5.95. The Kier molecular flexibility index (Phi) is 4.58. The molecule has 3 heteroatoms. The molecule has 1 unspecified atom stereocenters. The van der Waals surface area contributed by atoms with Gasteiger partial charge in [-0.2, -0.15) is 0 Å². The minimum absolute atomic E-state index is 0.0215. The molecular formula is C7H12O3. The maximum atomic E-state index is 10.2. The Hall–Kier alpha value is -0.830. The van der Waals surface area contributed by atoms with E-state index in [1.807, 2.05) is 0 Å². The lowest BCUT2D eigenvalue weighted by Crippen LogP contribution is -2.07. The average Bonchev–Trinajstić information content (AvgIpc) is 1.88. The Morgan fingerprint density at radius 1 is 1.60 bits per heavy atom. The van der Waals surface area contributed by atoms with Crippen LogP contribution in [-0.4, -0.2) is 22.8 Å². The van der Waals surface area contributed by atoms with Crippen molar-refractivity contribution in [3.63, 3.8) is 0 Å². The van der Waals surface area contributed by atoms with Crippen LogP contribution in [0, 0.1) is 5.92 Å².